The van der Waals surface area contributed by atoms with Gasteiger partial charge in [-0.2, -0.15) is 0 Å². The molecule has 0 amide bonds. The molecule has 0 saturated carbocycles. The molecule has 0 bridgehead atoms. The highest BCUT2D eigenvalue weighted by Gasteiger charge is 2.25. The Hall–Kier alpha value is -2.73. The number of aromatic nitrogens is 1. The second-order valence-corrected chi connectivity index (χ2v) is 9.04. The standard InChI is InChI=1S/C27H23BrN2OS/c28-22-11-13-23(14-12-22)30-25(20-7-3-1-4-8-20)19-24(26(30)21-9-5-2-6-10-21)27(32)29-15-17-31-18-16-29/h1-14,19H,15-18H2. The molecule has 1 fully saturated rings. The summed E-state index contributed by atoms with van der Waals surface area (Å²) in [5.41, 5.74) is 6.71. The number of hydrogen-bond donors (Lipinski definition) is 0. The zero-order chi connectivity index (χ0) is 21.9. The predicted molar refractivity (Wildman–Crippen MR) is 138 cm³/mol. The maximum absolute atomic E-state index is 6.07. The van der Waals surface area contributed by atoms with Gasteiger partial charge < -0.3 is 14.2 Å². The largest absolute Gasteiger partial charge is 0.378 e. The molecular weight excluding hydrogens is 480 g/mol. The van der Waals surface area contributed by atoms with Crippen LogP contribution in [0.25, 0.3) is 28.2 Å². The van der Waals surface area contributed by atoms with Crippen LogP contribution in [0, 0.1) is 0 Å². The van der Waals surface area contributed by atoms with Crippen molar-refractivity contribution < 1.29 is 4.74 Å². The van der Waals surface area contributed by atoms with Gasteiger partial charge in [0, 0.05) is 28.8 Å². The third-order valence-electron chi connectivity index (χ3n) is 5.73. The highest BCUT2D eigenvalue weighted by Crippen LogP contribution is 2.37. The van der Waals surface area contributed by atoms with Crippen molar-refractivity contribution in [2.24, 2.45) is 0 Å². The monoisotopic (exact) mass is 502 g/mol. The quantitative estimate of drug-likeness (QED) is 0.293. The Bertz CT molecular complexity index is 1210. The van der Waals surface area contributed by atoms with Gasteiger partial charge in [-0.15, -0.1) is 0 Å². The summed E-state index contributed by atoms with van der Waals surface area (Å²) in [6.07, 6.45) is 0. The van der Waals surface area contributed by atoms with Crippen molar-refractivity contribution in [2.75, 3.05) is 26.3 Å². The lowest BCUT2D eigenvalue weighted by Crippen LogP contribution is -2.40. The molecule has 5 heteroatoms. The molecule has 3 nitrogen and oxygen atoms in total. The minimum Gasteiger partial charge on any atom is -0.378 e. The summed E-state index contributed by atoms with van der Waals surface area (Å²) in [6, 6.07) is 31.7. The summed E-state index contributed by atoms with van der Waals surface area (Å²) in [6.45, 7) is 3.05. The molecule has 0 radical (unpaired) electrons. The van der Waals surface area contributed by atoms with Crippen LogP contribution >= 0.6 is 28.1 Å². The van der Waals surface area contributed by atoms with Crippen LogP contribution in [0.4, 0.5) is 0 Å². The molecule has 4 aromatic rings. The molecule has 0 unspecified atom stereocenters. The molecule has 160 valence electrons. The second kappa shape index (κ2) is 9.41. The van der Waals surface area contributed by atoms with Crippen LogP contribution in [0.5, 0.6) is 0 Å². The number of rotatable bonds is 4. The van der Waals surface area contributed by atoms with Crippen LogP contribution in [0.1, 0.15) is 5.56 Å². The molecule has 1 aliphatic heterocycles. The molecule has 0 N–H and O–H groups in total. The molecule has 0 spiro atoms. The Morgan fingerprint density at radius 3 is 2.00 bits per heavy atom. The first kappa shape index (κ1) is 21.1. The maximum Gasteiger partial charge on any atom is 0.111 e. The van der Waals surface area contributed by atoms with E-state index < -0.39 is 0 Å². The summed E-state index contributed by atoms with van der Waals surface area (Å²) >= 11 is 9.65. The van der Waals surface area contributed by atoms with Gasteiger partial charge in [0.05, 0.1) is 24.6 Å². The van der Waals surface area contributed by atoms with E-state index >= 15 is 0 Å². The molecular formula is C27H23BrN2OS. The zero-order valence-corrected chi connectivity index (χ0v) is 20.0. The van der Waals surface area contributed by atoms with E-state index in [2.05, 4.69) is 110 Å². The van der Waals surface area contributed by atoms with E-state index in [1.165, 1.54) is 0 Å². The molecule has 1 aliphatic rings. The number of ether oxygens (including phenoxy) is 1. The average Bonchev–Trinajstić information content (AvgIpc) is 3.26. The molecule has 5 rings (SSSR count). The first-order valence-electron chi connectivity index (χ1n) is 10.7. The first-order chi connectivity index (χ1) is 15.7. The van der Waals surface area contributed by atoms with Gasteiger partial charge in [-0.1, -0.05) is 88.8 Å². The van der Waals surface area contributed by atoms with Crippen molar-refractivity contribution in [3.63, 3.8) is 0 Å². The van der Waals surface area contributed by atoms with Gasteiger partial charge in [0.15, 0.2) is 0 Å². The molecule has 1 saturated heterocycles. The number of halogens is 1. The van der Waals surface area contributed by atoms with E-state index in [0.29, 0.717) is 13.2 Å². The fourth-order valence-electron chi connectivity index (χ4n) is 4.17. The van der Waals surface area contributed by atoms with Crippen molar-refractivity contribution in [1.29, 1.82) is 0 Å². The van der Waals surface area contributed by atoms with Crippen LogP contribution in [-0.2, 0) is 4.74 Å². The lowest BCUT2D eigenvalue weighted by Gasteiger charge is -2.29. The smallest absolute Gasteiger partial charge is 0.111 e. The Labute approximate surface area is 202 Å². The van der Waals surface area contributed by atoms with Crippen LogP contribution < -0.4 is 0 Å². The first-order valence-corrected chi connectivity index (χ1v) is 11.9. The van der Waals surface area contributed by atoms with Crippen LogP contribution in [0.3, 0.4) is 0 Å². The number of nitrogens with zero attached hydrogens (tertiary/aromatic N) is 2. The molecule has 2 heterocycles. The molecule has 32 heavy (non-hydrogen) atoms. The minimum absolute atomic E-state index is 0.708. The minimum atomic E-state index is 0.708. The summed E-state index contributed by atoms with van der Waals surface area (Å²) in [4.78, 5) is 3.14. The fourth-order valence-corrected chi connectivity index (χ4v) is 4.77. The van der Waals surface area contributed by atoms with Crippen molar-refractivity contribution >= 4 is 33.1 Å². The van der Waals surface area contributed by atoms with E-state index in [0.717, 1.165) is 56.3 Å². The predicted octanol–water partition coefficient (Wildman–Crippen LogP) is 6.58. The number of hydrogen-bond acceptors (Lipinski definition) is 2. The topological polar surface area (TPSA) is 17.4 Å². The SMILES string of the molecule is S=C(c1cc(-c2ccccc2)n(-c2ccc(Br)cc2)c1-c1ccccc1)N1CCOCC1. The van der Waals surface area contributed by atoms with E-state index in [9.17, 15) is 0 Å². The van der Waals surface area contributed by atoms with Crippen molar-refractivity contribution in [1.82, 2.24) is 9.47 Å². The molecule has 1 aromatic heterocycles. The third-order valence-corrected chi connectivity index (χ3v) is 6.74. The van der Waals surface area contributed by atoms with Gasteiger partial charge >= 0.3 is 0 Å². The molecule has 3 aromatic carbocycles. The van der Waals surface area contributed by atoms with E-state index in [1.54, 1.807) is 0 Å². The van der Waals surface area contributed by atoms with Crippen LogP contribution in [0.15, 0.2) is 95.5 Å². The Kier molecular flexibility index (Phi) is 6.21. The number of benzene rings is 3. The van der Waals surface area contributed by atoms with Crippen molar-refractivity contribution in [3.8, 4) is 28.2 Å². The van der Waals surface area contributed by atoms with Gasteiger partial charge in [0.2, 0.25) is 0 Å². The average molecular weight is 503 g/mol. The number of thiocarbonyl (C=S) groups is 1. The third kappa shape index (κ3) is 4.16. The Balaban J connectivity index is 1.78. The second-order valence-electron chi connectivity index (χ2n) is 7.74. The van der Waals surface area contributed by atoms with Crippen LogP contribution in [0.2, 0.25) is 0 Å². The normalized spacial score (nSPS) is 13.8. The summed E-state index contributed by atoms with van der Waals surface area (Å²) in [5, 5.41) is 0. The maximum atomic E-state index is 6.07. The van der Waals surface area contributed by atoms with Crippen molar-refractivity contribution in [3.05, 3.63) is 101 Å². The number of morpholine rings is 1. The van der Waals surface area contributed by atoms with E-state index in [4.69, 9.17) is 17.0 Å². The van der Waals surface area contributed by atoms with E-state index in [-0.39, 0.29) is 0 Å². The van der Waals surface area contributed by atoms with Crippen LogP contribution in [-0.4, -0.2) is 40.8 Å². The van der Waals surface area contributed by atoms with Gasteiger partial charge in [-0.05, 0) is 41.5 Å². The molecule has 0 atom stereocenters. The zero-order valence-electron chi connectivity index (χ0n) is 17.6. The Morgan fingerprint density at radius 1 is 0.781 bits per heavy atom. The van der Waals surface area contributed by atoms with Gasteiger partial charge in [-0.3, -0.25) is 0 Å². The van der Waals surface area contributed by atoms with E-state index in [1.807, 2.05) is 6.07 Å². The summed E-state index contributed by atoms with van der Waals surface area (Å²) in [7, 11) is 0. The van der Waals surface area contributed by atoms with Gasteiger partial charge in [0.25, 0.3) is 0 Å². The molecule has 0 aliphatic carbocycles. The van der Waals surface area contributed by atoms with Gasteiger partial charge in [0.1, 0.15) is 4.99 Å². The Morgan fingerprint density at radius 2 is 1.38 bits per heavy atom. The highest BCUT2D eigenvalue weighted by atomic mass is 79.9. The summed E-state index contributed by atoms with van der Waals surface area (Å²) < 4.78 is 8.96. The lowest BCUT2D eigenvalue weighted by molar-refractivity contribution is 0.0693. The fraction of sp³-hybridized carbons (Fsp3) is 0.148. The van der Waals surface area contributed by atoms with Gasteiger partial charge in [-0.25, -0.2) is 0 Å². The van der Waals surface area contributed by atoms with Crippen molar-refractivity contribution in [2.45, 2.75) is 0 Å². The highest BCUT2D eigenvalue weighted by molar-refractivity contribution is 9.10. The summed E-state index contributed by atoms with van der Waals surface area (Å²) in [5.74, 6) is 0. The lowest BCUT2D eigenvalue weighted by atomic mass is 10.1.